The molecule has 112 valence electrons. The Balaban J connectivity index is 1.80. The highest BCUT2D eigenvalue weighted by atomic mass is 19.3. The van der Waals surface area contributed by atoms with Crippen LogP contribution >= 0.6 is 0 Å². The third-order valence-electron chi connectivity index (χ3n) is 3.91. The number of ether oxygens (including phenoxy) is 1. The topological polar surface area (TPSA) is 21.3 Å². The first-order valence-corrected chi connectivity index (χ1v) is 7.33. The normalized spacial score (nSPS) is 15.6. The smallest absolute Gasteiger partial charge is 0.261 e. The number of aryl methyl sites for hydroxylation is 2. The van der Waals surface area contributed by atoms with Crippen molar-refractivity contribution in [2.75, 3.05) is 20.3 Å². The second-order valence-corrected chi connectivity index (χ2v) is 5.40. The van der Waals surface area contributed by atoms with Crippen LogP contribution in [0.15, 0.2) is 18.2 Å². The minimum absolute atomic E-state index is 0.270. The van der Waals surface area contributed by atoms with Gasteiger partial charge in [-0.2, -0.15) is 0 Å². The van der Waals surface area contributed by atoms with Gasteiger partial charge in [0.05, 0.1) is 0 Å². The lowest BCUT2D eigenvalue weighted by Crippen LogP contribution is -2.29. The van der Waals surface area contributed by atoms with Gasteiger partial charge in [-0.1, -0.05) is 18.2 Å². The molecule has 0 spiro atoms. The standard InChI is InChI=1S/C16H23F2NO/c1-19-15(7-8-20-11-16(17)18)10-12-5-6-13-3-2-4-14(13)9-12/h5-6,9,15-16,19H,2-4,7-8,10-11H2,1H3. The van der Waals surface area contributed by atoms with E-state index in [1.807, 2.05) is 7.05 Å². The second kappa shape index (κ2) is 7.70. The van der Waals surface area contributed by atoms with E-state index >= 15 is 0 Å². The van der Waals surface area contributed by atoms with Crippen molar-refractivity contribution in [2.45, 2.75) is 44.6 Å². The number of rotatable bonds is 8. The first-order valence-electron chi connectivity index (χ1n) is 7.33. The van der Waals surface area contributed by atoms with Gasteiger partial charge < -0.3 is 10.1 Å². The average molecular weight is 283 g/mol. The molecule has 1 aliphatic rings. The lowest BCUT2D eigenvalue weighted by atomic mass is 9.99. The van der Waals surface area contributed by atoms with Gasteiger partial charge in [0.2, 0.25) is 0 Å². The van der Waals surface area contributed by atoms with Crippen molar-refractivity contribution in [3.8, 4) is 0 Å². The van der Waals surface area contributed by atoms with E-state index in [4.69, 9.17) is 4.74 Å². The van der Waals surface area contributed by atoms with E-state index in [9.17, 15) is 8.78 Å². The van der Waals surface area contributed by atoms with Crippen LogP contribution < -0.4 is 5.32 Å². The first kappa shape index (κ1) is 15.4. The number of benzene rings is 1. The highest BCUT2D eigenvalue weighted by molar-refractivity contribution is 5.35. The van der Waals surface area contributed by atoms with Crippen molar-refractivity contribution in [3.05, 3.63) is 34.9 Å². The SMILES string of the molecule is CNC(CCOCC(F)F)Cc1ccc2c(c1)CCC2. The van der Waals surface area contributed by atoms with Crippen LogP contribution in [0.4, 0.5) is 8.78 Å². The zero-order valence-electron chi connectivity index (χ0n) is 12.0. The Morgan fingerprint density at radius 3 is 2.80 bits per heavy atom. The summed E-state index contributed by atoms with van der Waals surface area (Å²) in [5.41, 5.74) is 4.28. The summed E-state index contributed by atoms with van der Waals surface area (Å²) in [6.45, 7) is -0.0872. The molecule has 0 amide bonds. The molecule has 0 bridgehead atoms. The summed E-state index contributed by atoms with van der Waals surface area (Å²) in [6.07, 6.45) is 2.94. The van der Waals surface area contributed by atoms with Gasteiger partial charge in [0.15, 0.2) is 0 Å². The Morgan fingerprint density at radius 1 is 1.25 bits per heavy atom. The Kier molecular flexibility index (Phi) is 5.92. The molecule has 20 heavy (non-hydrogen) atoms. The fraction of sp³-hybridized carbons (Fsp3) is 0.625. The number of alkyl halides is 2. The quantitative estimate of drug-likeness (QED) is 0.741. The third-order valence-corrected chi connectivity index (χ3v) is 3.91. The van der Waals surface area contributed by atoms with Crippen LogP contribution in [0.3, 0.4) is 0 Å². The zero-order chi connectivity index (χ0) is 14.4. The Labute approximate surface area is 119 Å². The number of nitrogens with one attached hydrogen (secondary N) is 1. The van der Waals surface area contributed by atoms with Crippen LogP contribution in [0.2, 0.25) is 0 Å². The van der Waals surface area contributed by atoms with Crippen LogP contribution in [-0.2, 0) is 24.0 Å². The molecule has 0 saturated heterocycles. The van der Waals surface area contributed by atoms with Crippen molar-refractivity contribution < 1.29 is 13.5 Å². The molecule has 1 N–H and O–H groups in total. The van der Waals surface area contributed by atoms with Crippen LogP contribution in [0.25, 0.3) is 0 Å². The summed E-state index contributed by atoms with van der Waals surface area (Å²) < 4.78 is 28.9. The maximum atomic E-state index is 12.0. The fourth-order valence-electron chi connectivity index (χ4n) is 2.78. The molecule has 1 aromatic rings. The number of likely N-dealkylation sites (N-methyl/N-ethyl adjacent to an activating group) is 1. The van der Waals surface area contributed by atoms with E-state index in [0.29, 0.717) is 6.61 Å². The molecule has 0 heterocycles. The van der Waals surface area contributed by atoms with Gasteiger partial charge >= 0.3 is 0 Å². The molecule has 0 saturated carbocycles. The molecule has 1 atom stereocenters. The van der Waals surface area contributed by atoms with Gasteiger partial charge in [-0.25, -0.2) is 8.78 Å². The molecule has 0 aromatic heterocycles. The van der Waals surface area contributed by atoms with Crippen molar-refractivity contribution in [2.24, 2.45) is 0 Å². The lowest BCUT2D eigenvalue weighted by Gasteiger charge is -2.17. The molecule has 2 nitrogen and oxygen atoms in total. The van der Waals surface area contributed by atoms with Gasteiger partial charge in [-0.05, 0) is 55.8 Å². The number of fused-ring (bicyclic) bond motifs is 1. The molecule has 0 radical (unpaired) electrons. The largest absolute Gasteiger partial charge is 0.375 e. The number of hydrogen-bond donors (Lipinski definition) is 1. The van der Waals surface area contributed by atoms with Crippen LogP contribution in [0.1, 0.15) is 29.5 Å². The lowest BCUT2D eigenvalue weighted by molar-refractivity contribution is 0.0146. The summed E-state index contributed by atoms with van der Waals surface area (Å²) in [5.74, 6) is 0. The zero-order valence-corrected chi connectivity index (χ0v) is 12.0. The predicted octanol–water partition coefficient (Wildman–Crippen LogP) is 2.98. The summed E-state index contributed by atoms with van der Waals surface area (Å²) in [4.78, 5) is 0. The van der Waals surface area contributed by atoms with Gasteiger partial charge in [0, 0.05) is 12.6 Å². The summed E-state index contributed by atoms with van der Waals surface area (Å²) in [5, 5.41) is 3.24. The monoisotopic (exact) mass is 283 g/mol. The Bertz CT molecular complexity index is 423. The Hall–Kier alpha value is -1.00. The van der Waals surface area contributed by atoms with E-state index in [2.05, 4.69) is 23.5 Å². The van der Waals surface area contributed by atoms with Gasteiger partial charge in [0.25, 0.3) is 6.43 Å². The molecule has 0 aliphatic heterocycles. The molecule has 1 aliphatic carbocycles. The molecular weight excluding hydrogens is 260 g/mol. The molecular formula is C16H23F2NO. The van der Waals surface area contributed by atoms with Crippen LogP contribution in [0, 0.1) is 0 Å². The minimum Gasteiger partial charge on any atom is -0.375 e. The van der Waals surface area contributed by atoms with Crippen LogP contribution in [0.5, 0.6) is 0 Å². The minimum atomic E-state index is -2.38. The van der Waals surface area contributed by atoms with Crippen molar-refractivity contribution in [1.29, 1.82) is 0 Å². The van der Waals surface area contributed by atoms with E-state index in [1.54, 1.807) is 0 Å². The van der Waals surface area contributed by atoms with Gasteiger partial charge in [0.1, 0.15) is 6.61 Å². The summed E-state index contributed by atoms with van der Waals surface area (Å²) >= 11 is 0. The highest BCUT2D eigenvalue weighted by Gasteiger charge is 2.13. The highest BCUT2D eigenvalue weighted by Crippen LogP contribution is 2.23. The summed E-state index contributed by atoms with van der Waals surface area (Å²) in [6, 6.07) is 6.99. The molecule has 4 heteroatoms. The predicted molar refractivity (Wildman–Crippen MR) is 76.5 cm³/mol. The fourth-order valence-corrected chi connectivity index (χ4v) is 2.78. The van der Waals surface area contributed by atoms with Crippen molar-refractivity contribution >= 4 is 0 Å². The van der Waals surface area contributed by atoms with E-state index < -0.39 is 13.0 Å². The van der Waals surface area contributed by atoms with Gasteiger partial charge in [-0.15, -0.1) is 0 Å². The molecule has 2 rings (SSSR count). The molecule has 1 unspecified atom stereocenters. The third kappa shape index (κ3) is 4.53. The maximum Gasteiger partial charge on any atom is 0.261 e. The molecule has 0 fully saturated rings. The van der Waals surface area contributed by atoms with Crippen LogP contribution in [-0.4, -0.2) is 32.7 Å². The van der Waals surface area contributed by atoms with Crippen molar-refractivity contribution in [3.63, 3.8) is 0 Å². The average Bonchev–Trinajstić information content (AvgIpc) is 2.89. The molecule has 1 aromatic carbocycles. The van der Waals surface area contributed by atoms with E-state index in [0.717, 1.165) is 12.8 Å². The first-order chi connectivity index (χ1) is 9.69. The summed E-state index contributed by atoms with van der Waals surface area (Å²) in [7, 11) is 1.91. The second-order valence-electron chi connectivity index (χ2n) is 5.40. The van der Waals surface area contributed by atoms with Crippen molar-refractivity contribution in [1.82, 2.24) is 5.32 Å². The number of halogens is 2. The number of hydrogen-bond acceptors (Lipinski definition) is 2. The van der Waals surface area contributed by atoms with Gasteiger partial charge in [-0.3, -0.25) is 0 Å². The maximum absolute atomic E-state index is 12.0. The van der Waals surface area contributed by atoms with E-state index in [-0.39, 0.29) is 6.04 Å². The van der Waals surface area contributed by atoms with E-state index in [1.165, 1.54) is 36.0 Å². The Morgan fingerprint density at radius 2 is 2.05 bits per heavy atom.